The Labute approximate surface area is 141 Å². The largest absolute Gasteiger partial charge is 0.206 e. The third-order valence-electron chi connectivity index (χ3n) is 4.03. The fourth-order valence-corrected chi connectivity index (χ4v) is 2.73. The highest BCUT2D eigenvalue weighted by Gasteiger charge is 2.09. The third-order valence-corrected chi connectivity index (χ3v) is 4.03. The van der Waals surface area contributed by atoms with Crippen molar-refractivity contribution in [2.45, 2.75) is 26.2 Å². The van der Waals surface area contributed by atoms with Crippen LogP contribution in [0.4, 0.5) is 8.78 Å². The zero-order chi connectivity index (χ0) is 16.9. The van der Waals surface area contributed by atoms with Crippen LogP contribution in [-0.2, 0) is 6.42 Å². The maximum Gasteiger partial charge on any atom is 0.142 e. The molecule has 0 aliphatic rings. The minimum atomic E-state index is -0.589. The van der Waals surface area contributed by atoms with Crippen molar-refractivity contribution in [3.05, 3.63) is 82.9 Å². The molecule has 2 heteroatoms. The number of hydrogen-bond donors (Lipinski definition) is 0. The molecule has 0 unspecified atom stereocenters. The van der Waals surface area contributed by atoms with Crippen molar-refractivity contribution in [1.29, 1.82) is 0 Å². The van der Waals surface area contributed by atoms with Crippen LogP contribution < -0.4 is 0 Å². The summed E-state index contributed by atoms with van der Waals surface area (Å²) in [5.74, 6) is 4.41. The SMILES string of the molecule is CCCCc1cc(F)c(C#Cc2cccc3ccccc23)c(F)c1. The zero-order valence-corrected chi connectivity index (χ0v) is 13.6. The summed E-state index contributed by atoms with van der Waals surface area (Å²) in [4.78, 5) is 0. The van der Waals surface area contributed by atoms with E-state index in [9.17, 15) is 8.78 Å². The van der Waals surface area contributed by atoms with Gasteiger partial charge in [0.25, 0.3) is 0 Å². The van der Waals surface area contributed by atoms with E-state index in [-0.39, 0.29) is 5.56 Å². The Kier molecular flexibility index (Phi) is 4.91. The molecule has 0 aliphatic carbocycles. The Bertz CT molecular complexity index is 901. The monoisotopic (exact) mass is 320 g/mol. The highest BCUT2D eigenvalue weighted by atomic mass is 19.1. The molecule has 0 amide bonds. The van der Waals surface area contributed by atoms with Crippen molar-refractivity contribution in [3.63, 3.8) is 0 Å². The Morgan fingerprint density at radius 1 is 0.875 bits per heavy atom. The summed E-state index contributed by atoms with van der Waals surface area (Å²) in [6.07, 6.45) is 2.59. The molecule has 24 heavy (non-hydrogen) atoms. The highest BCUT2D eigenvalue weighted by molar-refractivity contribution is 5.88. The van der Waals surface area contributed by atoms with E-state index in [1.165, 1.54) is 12.1 Å². The molecule has 0 spiro atoms. The Hall–Kier alpha value is -2.66. The predicted molar refractivity (Wildman–Crippen MR) is 94.9 cm³/mol. The molecule has 0 saturated heterocycles. The van der Waals surface area contributed by atoms with E-state index in [0.29, 0.717) is 12.0 Å². The van der Waals surface area contributed by atoms with Crippen LogP contribution in [0.25, 0.3) is 10.8 Å². The van der Waals surface area contributed by atoms with Gasteiger partial charge < -0.3 is 0 Å². The van der Waals surface area contributed by atoms with Gasteiger partial charge in [-0.05, 0) is 47.4 Å². The quantitative estimate of drug-likeness (QED) is 0.530. The molecule has 0 nitrogen and oxygen atoms in total. The molecule has 0 saturated carbocycles. The lowest BCUT2D eigenvalue weighted by Gasteiger charge is -2.04. The first kappa shape index (κ1) is 16.2. The van der Waals surface area contributed by atoms with Gasteiger partial charge >= 0.3 is 0 Å². The molecule has 0 heterocycles. The van der Waals surface area contributed by atoms with Crippen LogP contribution >= 0.6 is 0 Å². The summed E-state index contributed by atoms with van der Waals surface area (Å²) >= 11 is 0. The molecular formula is C22H18F2. The molecule has 0 aliphatic heterocycles. The Morgan fingerprint density at radius 2 is 1.58 bits per heavy atom. The van der Waals surface area contributed by atoms with Crippen LogP contribution in [0.1, 0.15) is 36.5 Å². The molecule has 0 aromatic heterocycles. The molecule has 120 valence electrons. The molecule has 0 atom stereocenters. The summed E-state index contributed by atoms with van der Waals surface area (Å²) < 4.78 is 28.4. The van der Waals surface area contributed by atoms with Crippen molar-refractivity contribution in [2.75, 3.05) is 0 Å². The van der Waals surface area contributed by atoms with Gasteiger partial charge in [-0.1, -0.05) is 61.6 Å². The van der Waals surface area contributed by atoms with Gasteiger partial charge in [0, 0.05) is 5.56 Å². The summed E-state index contributed by atoms with van der Waals surface area (Å²) in [6.45, 7) is 2.05. The summed E-state index contributed by atoms with van der Waals surface area (Å²) in [5.41, 5.74) is 1.28. The molecule has 0 radical (unpaired) electrons. The molecule has 3 rings (SSSR count). The molecule has 3 aromatic carbocycles. The van der Waals surface area contributed by atoms with Crippen LogP contribution in [0.5, 0.6) is 0 Å². The van der Waals surface area contributed by atoms with Gasteiger partial charge in [0.15, 0.2) is 0 Å². The maximum atomic E-state index is 14.2. The number of rotatable bonds is 3. The van der Waals surface area contributed by atoms with Crippen molar-refractivity contribution in [3.8, 4) is 11.8 Å². The minimum Gasteiger partial charge on any atom is -0.206 e. The number of benzene rings is 3. The summed E-state index contributed by atoms with van der Waals surface area (Å²) in [6, 6.07) is 16.4. The van der Waals surface area contributed by atoms with Gasteiger partial charge in [-0.15, -0.1) is 0 Å². The van der Waals surface area contributed by atoms with Crippen LogP contribution in [0.2, 0.25) is 0 Å². The van der Waals surface area contributed by atoms with Crippen LogP contribution in [0, 0.1) is 23.5 Å². The van der Waals surface area contributed by atoms with E-state index in [2.05, 4.69) is 18.8 Å². The predicted octanol–water partition coefficient (Wildman–Crippen LogP) is 5.86. The van der Waals surface area contributed by atoms with Gasteiger partial charge in [-0.2, -0.15) is 0 Å². The fourth-order valence-electron chi connectivity index (χ4n) is 2.73. The van der Waals surface area contributed by atoms with Gasteiger partial charge in [0.05, 0.1) is 5.56 Å². The van der Waals surface area contributed by atoms with E-state index in [1.54, 1.807) is 0 Å². The first-order chi connectivity index (χ1) is 11.7. The van der Waals surface area contributed by atoms with E-state index in [4.69, 9.17) is 0 Å². The van der Waals surface area contributed by atoms with Gasteiger partial charge in [0.1, 0.15) is 11.6 Å². The second kappa shape index (κ2) is 7.27. The van der Waals surface area contributed by atoms with Crippen molar-refractivity contribution in [1.82, 2.24) is 0 Å². The van der Waals surface area contributed by atoms with Crippen molar-refractivity contribution < 1.29 is 8.78 Å². The van der Waals surface area contributed by atoms with E-state index in [0.717, 1.165) is 29.2 Å². The van der Waals surface area contributed by atoms with E-state index >= 15 is 0 Å². The molecule has 0 N–H and O–H groups in total. The van der Waals surface area contributed by atoms with Crippen LogP contribution in [0.3, 0.4) is 0 Å². The lowest BCUT2D eigenvalue weighted by atomic mass is 10.0. The lowest BCUT2D eigenvalue weighted by molar-refractivity contribution is 0.572. The average molecular weight is 320 g/mol. The second-order valence-corrected chi connectivity index (χ2v) is 5.81. The van der Waals surface area contributed by atoms with Crippen molar-refractivity contribution >= 4 is 10.8 Å². The summed E-state index contributed by atoms with van der Waals surface area (Å²) in [7, 11) is 0. The number of aryl methyl sites for hydroxylation is 1. The average Bonchev–Trinajstić information content (AvgIpc) is 2.59. The van der Waals surface area contributed by atoms with E-state index in [1.807, 2.05) is 42.5 Å². The number of fused-ring (bicyclic) bond motifs is 1. The number of unbranched alkanes of at least 4 members (excludes halogenated alkanes) is 1. The zero-order valence-electron chi connectivity index (χ0n) is 13.6. The molecule has 3 aromatic rings. The number of hydrogen-bond acceptors (Lipinski definition) is 0. The fraction of sp³-hybridized carbons (Fsp3) is 0.182. The number of halogens is 2. The second-order valence-electron chi connectivity index (χ2n) is 5.81. The normalized spacial score (nSPS) is 10.5. The lowest BCUT2D eigenvalue weighted by Crippen LogP contribution is -1.95. The third kappa shape index (κ3) is 3.46. The maximum absolute atomic E-state index is 14.2. The van der Waals surface area contributed by atoms with Crippen molar-refractivity contribution in [2.24, 2.45) is 0 Å². The van der Waals surface area contributed by atoms with Crippen LogP contribution in [0.15, 0.2) is 54.6 Å². The molecule has 0 bridgehead atoms. The smallest absolute Gasteiger partial charge is 0.142 e. The topological polar surface area (TPSA) is 0 Å². The molecular weight excluding hydrogens is 302 g/mol. The Morgan fingerprint density at radius 3 is 2.33 bits per heavy atom. The van der Waals surface area contributed by atoms with Gasteiger partial charge in [0.2, 0.25) is 0 Å². The van der Waals surface area contributed by atoms with E-state index < -0.39 is 11.6 Å². The highest BCUT2D eigenvalue weighted by Crippen LogP contribution is 2.19. The van der Waals surface area contributed by atoms with Crippen LogP contribution in [-0.4, -0.2) is 0 Å². The Balaban J connectivity index is 1.98. The first-order valence-corrected chi connectivity index (χ1v) is 8.16. The first-order valence-electron chi connectivity index (χ1n) is 8.16. The standard InChI is InChI=1S/C22H18F2/c1-2-3-7-16-14-21(23)20(22(24)15-16)13-12-18-10-6-9-17-8-4-5-11-19(17)18/h4-6,8-11,14-15H,2-3,7H2,1H3. The molecule has 0 fully saturated rings. The van der Waals surface area contributed by atoms with Gasteiger partial charge in [-0.25, -0.2) is 8.78 Å². The minimum absolute atomic E-state index is 0.164. The van der Waals surface area contributed by atoms with Gasteiger partial charge in [-0.3, -0.25) is 0 Å². The summed E-state index contributed by atoms with van der Waals surface area (Å²) in [5, 5.41) is 2.04.